The van der Waals surface area contributed by atoms with Gasteiger partial charge >= 0.3 is 0 Å². The van der Waals surface area contributed by atoms with E-state index in [-0.39, 0.29) is 11.5 Å². The van der Waals surface area contributed by atoms with Crippen molar-refractivity contribution in [2.45, 2.75) is 26.7 Å². The van der Waals surface area contributed by atoms with Gasteiger partial charge in [0.05, 0.1) is 0 Å². The molecule has 0 aliphatic rings. The van der Waals surface area contributed by atoms with Crippen molar-refractivity contribution in [3.05, 3.63) is 97.6 Å². The van der Waals surface area contributed by atoms with Gasteiger partial charge in [0.25, 0.3) is 0 Å². The lowest BCUT2D eigenvalue weighted by Gasteiger charge is -2.28. The van der Waals surface area contributed by atoms with Gasteiger partial charge < -0.3 is 10.2 Å². The van der Waals surface area contributed by atoms with E-state index in [9.17, 15) is 10.2 Å². The number of rotatable bonds is 10. The van der Waals surface area contributed by atoms with Crippen LogP contribution in [0, 0.1) is 5.41 Å². The van der Waals surface area contributed by atoms with Crippen molar-refractivity contribution < 1.29 is 10.2 Å². The minimum Gasteiger partial charge on any atom is -0.508 e. The van der Waals surface area contributed by atoms with Crippen LogP contribution in [0.3, 0.4) is 0 Å². The second-order valence-corrected chi connectivity index (χ2v) is 5.89. The van der Waals surface area contributed by atoms with E-state index in [1.807, 2.05) is 13.8 Å². The summed E-state index contributed by atoms with van der Waals surface area (Å²) in [4.78, 5) is 0. The second kappa shape index (κ2) is 8.84. The van der Waals surface area contributed by atoms with Crippen LogP contribution in [0.5, 0.6) is 0 Å². The summed E-state index contributed by atoms with van der Waals surface area (Å²) in [5.41, 5.74) is 2.39. The molecule has 2 heteroatoms. The van der Waals surface area contributed by atoms with Crippen LogP contribution >= 0.6 is 0 Å². The predicted octanol–water partition coefficient (Wildman–Crippen LogP) is 6.27. The summed E-state index contributed by atoms with van der Waals surface area (Å²) < 4.78 is 0. The summed E-state index contributed by atoms with van der Waals surface area (Å²) in [7, 11) is 0. The lowest BCUT2D eigenvalue weighted by atomic mass is 9.76. The molecular weight excluding hydrogens is 284 g/mol. The minimum absolute atomic E-state index is 0.000846. The number of aliphatic hydroxyl groups is 2. The molecule has 0 aromatic rings. The molecule has 0 amide bonds. The zero-order chi connectivity index (χ0) is 18.2. The summed E-state index contributed by atoms with van der Waals surface area (Å²) in [6.45, 7) is 26.6. The maximum absolute atomic E-state index is 9.64. The predicted molar refractivity (Wildman–Crippen MR) is 101 cm³/mol. The Morgan fingerprint density at radius 3 is 1.30 bits per heavy atom. The van der Waals surface area contributed by atoms with Gasteiger partial charge in [-0.05, 0) is 35.1 Å². The molecule has 0 radical (unpaired) electrons. The fourth-order valence-corrected chi connectivity index (χ4v) is 1.82. The van der Waals surface area contributed by atoms with Crippen molar-refractivity contribution in [3.63, 3.8) is 0 Å². The third-order valence-corrected chi connectivity index (χ3v) is 3.77. The maximum Gasteiger partial charge on any atom is 0.111 e. The Bertz CT molecular complexity index is 543. The SMILES string of the molecule is C=CC/C(=C/C(=C)C(C)(C)C(=C)/C=C(/CC=C)C(=C)O)C(=C)O. The maximum atomic E-state index is 9.64. The van der Waals surface area contributed by atoms with Crippen LogP contribution in [-0.4, -0.2) is 10.2 Å². The van der Waals surface area contributed by atoms with Gasteiger partial charge in [-0.1, -0.05) is 64.5 Å². The highest BCUT2D eigenvalue weighted by molar-refractivity contribution is 5.44. The zero-order valence-corrected chi connectivity index (χ0v) is 14.4. The number of hydrogen-bond acceptors (Lipinski definition) is 2. The molecule has 0 heterocycles. The molecule has 0 aliphatic carbocycles. The first-order chi connectivity index (χ1) is 10.6. The van der Waals surface area contributed by atoms with Crippen LogP contribution in [0.4, 0.5) is 0 Å². The third kappa shape index (κ3) is 6.03. The van der Waals surface area contributed by atoms with Crippen molar-refractivity contribution in [3.8, 4) is 0 Å². The van der Waals surface area contributed by atoms with Gasteiger partial charge in [0.2, 0.25) is 0 Å². The molecule has 0 saturated carbocycles. The molecule has 0 aliphatic heterocycles. The van der Waals surface area contributed by atoms with E-state index in [2.05, 4.69) is 39.5 Å². The molecule has 0 atom stereocenters. The smallest absolute Gasteiger partial charge is 0.111 e. The lowest BCUT2D eigenvalue weighted by Crippen LogP contribution is -2.15. The monoisotopic (exact) mass is 312 g/mol. The van der Waals surface area contributed by atoms with Gasteiger partial charge in [-0.15, -0.1) is 13.2 Å². The van der Waals surface area contributed by atoms with Crippen LogP contribution in [-0.2, 0) is 0 Å². The molecule has 124 valence electrons. The zero-order valence-electron chi connectivity index (χ0n) is 14.4. The van der Waals surface area contributed by atoms with Crippen LogP contribution in [0.25, 0.3) is 0 Å². The van der Waals surface area contributed by atoms with Gasteiger partial charge in [0.15, 0.2) is 0 Å². The molecule has 2 N–H and O–H groups in total. The Morgan fingerprint density at radius 2 is 1.09 bits per heavy atom. The number of hydrogen-bond donors (Lipinski definition) is 2. The summed E-state index contributed by atoms with van der Waals surface area (Å²) in [6, 6.07) is 0. The first-order valence-corrected chi connectivity index (χ1v) is 7.36. The molecular formula is C21H28O2. The fraction of sp³-hybridized carbons (Fsp3) is 0.238. The van der Waals surface area contributed by atoms with Crippen molar-refractivity contribution in [2.24, 2.45) is 5.41 Å². The summed E-state index contributed by atoms with van der Waals surface area (Å²) >= 11 is 0. The van der Waals surface area contributed by atoms with Crippen molar-refractivity contribution in [1.29, 1.82) is 0 Å². The van der Waals surface area contributed by atoms with Crippen molar-refractivity contribution in [1.82, 2.24) is 0 Å². The lowest BCUT2D eigenvalue weighted by molar-refractivity contribution is 0.423. The number of allylic oxidation sites excluding steroid dienone is 8. The van der Waals surface area contributed by atoms with E-state index in [4.69, 9.17) is 0 Å². The Balaban J connectivity index is 5.60. The van der Waals surface area contributed by atoms with Crippen LogP contribution in [0.1, 0.15) is 26.7 Å². The Kier molecular flexibility index (Phi) is 7.89. The van der Waals surface area contributed by atoms with Crippen LogP contribution < -0.4 is 0 Å². The highest BCUT2D eigenvalue weighted by Gasteiger charge is 2.24. The highest BCUT2D eigenvalue weighted by atomic mass is 16.3. The average Bonchev–Trinajstić information content (AvgIpc) is 2.45. The Morgan fingerprint density at radius 1 is 0.783 bits per heavy atom. The van der Waals surface area contributed by atoms with Crippen LogP contribution in [0.2, 0.25) is 0 Å². The largest absolute Gasteiger partial charge is 0.508 e. The van der Waals surface area contributed by atoms with E-state index in [0.717, 1.165) is 11.1 Å². The first-order valence-electron chi connectivity index (χ1n) is 7.36. The fourth-order valence-electron chi connectivity index (χ4n) is 1.82. The topological polar surface area (TPSA) is 40.5 Å². The second-order valence-electron chi connectivity index (χ2n) is 5.89. The molecule has 0 aromatic heterocycles. The van der Waals surface area contributed by atoms with Gasteiger partial charge in [-0.2, -0.15) is 0 Å². The van der Waals surface area contributed by atoms with E-state index in [1.54, 1.807) is 24.3 Å². The minimum atomic E-state index is -0.469. The van der Waals surface area contributed by atoms with Gasteiger partial charge in [0.1, 0.15) is 11.5 Å². The van der Waals surface area contributed by atoms with E-state index >= 15 is 0 Å². The summed E-state index contributed by atoms with van der Waals surface area (Å²) in [5, 5.41) is 19.3. The Hall–Kier alpha value is -2.48. The number of aliphatic hydroxyl groups excluding tert-OH is 2. The Labute approximate surface area is 140 Å². The first kappa shape index (κ1) is 20.5. The molecule has 0 rings (SSSR count). The van der Waals surface area contributed by atoms with Gasteiger partial charge in [-0.3, -0.25) is 0 Å². The average molecular weight is 312 g/mol. The molecule has 0 fully saturated rings. The molecule has 0 saturated heterocycles. The molecule has 0 spiro atoms. The van der Waals surface area contributed by atoms with Crippen molar-refractivity contribution in [2.75, 3.05) is 0 Å². The van der Waals surface area contributed by atoms with E-state index in [1.165, 1.54) is 0 Å². The summed E-state index contributed by atoms with van der Waals surface area (Å²) in [5.74, 6) is -0.00169. The molecule has 0 aromatic carbocycles. The summed E-state index contributed by atoms with van der Waals surface area (Å²) in [6.07, 6.45) is 7.98. The molecule has 0 bridgehead atoms. The molecule has 2 nitrogen and oxygen atoms in total. The van der Waals surface area contributed by atoms with Gasteiger partial charge in [-0.25, -0.2) is 0 Å². The normalized spacial score (nSPS) is 12.4. The molecule has 0 unspecified atom stereocenters. The van der Waals surface area contributed by atoms with Crippen LogP contribution in [0.15, 0.2) is 97.6 Å². The third-order valence-electron chi connectivity index (χ3n) is 3.77. The quantitative estimate of drug-likeness (QED) is 0.283. The van der Waals surface area contributed by atoms with E-state index < -0.39 is 5.41 Å². The van der Waals surface area contributed by atoms with E-state index in [0.29, 0.717) is 24.0 Å². The van der Waals surface area contributed by atoms with Crippen molar-refractivity contribution >= 4 is 0 Å². The standard InChI is InChI=1S/C21H28O2/c1-9-11-19(17(5)22)13-15(3)21(7,8)16(4)14-20(12-10-2)18(6)23/h9-10,13-14,22-23H,1-6,11-12H2,7-8H3/b19-13-,20-14-. The highest BCUT2D eigenvalue weighted by Crippen LogP contribution is 2.36. The van der Waals surface area contributed by atoms with Gasteiger partial charge in [0, 0.05) is 5.41 Å². The molecule has 23 heavy (non-hydrogen) atoms.